The Morgan fingerprint density at radius 2 is 1.53 bits per heavy atom. The third kappa shape index (κ3) is 3.36. The maximum absolute atomic E-state index is 13.2. The monoisotopic (exact) mass is 441 g/mol. The zero-order chi connectivity index (χ0) is 21.8. The molecular formula is C18H14F3N3O5S. The molecule has 0 bridgehead atoms. The number of halogens is 3. The molecule has 2 atom stereocenters. The SMILES string of the molecule is O=C1N(c2ccc([N+](=O)[O-])cc2)[C@@H]2CS(=O)(=O)C[C@@H]2N1c1cccc(C(F)(F)F)c1. The van der Waals surface area contributed by atoms with Gasteiger partial charge in [-0.1, -0.05) is 6.07 Å². The summed E-state index contributed by atoms with van der Waals surface area (Å²) in [6.07, 6.45) is -4.63. The number of nitro groups is 1. The van der Waals surface area contributed by atoms with Gasteiger partial charge in [-0.25, -0.2) is 13.2 Å². The lowest BCUT2D eigenvalue weighted by Gasteiger charge is -2.23. The summed E-state index contributed by atoms with van der Waals surface area (Å²) in [6, 6.07) is 6.73. The van der Waals surface area contributed by atoms with E-state index in [0.29, 0.717) is 0 Å². The van der Waals surface area contributed by atoms with Gasteiger partial charge in [-0.3, -0.25) is 19.9 Å². The van der Waals surface area contributed by atoms with E-state index in [-0.39, 0.29) is 28.6 Å². The van der Waals surface area contributed by atoms with Crippen LogP contribution in [0, 0.1) is 10.1 Å². The quantitative estimate of drug-likeness (QED) is 0.414. The highest BCUT2D eigenvalue weighted by Gasteiger charge is 2.54. The number of sulfone groups is 1. The Balaban J connectivity index is 1.78. The number of rotatable bonds is 3. The van der Waals surface area contributed by atoms with Crippen molar-refractivity contribution in [3.05, 3.63) is 64.2 Å². The lowest BCUT2D eigenvalue weighted by atomic mass is 10.1. The van der Waals surface area contributed by atoms with Crippen LogP contribution in [0.3, 0.4) is 0 Å². The summed E-state index contributed by atoms with van der Waals surface area (Å²) < 4.78 is 63.8. The van der Waals surface area contributed by atoms with Crippen molar-refractivity contribution in [3.63, 3.8) is 0 Å². The van der Waals surface area contributed by atoms with Crippen LogP contribution in [0.25, 0.3) is 0 Å². The number of hydrogen-bond acceptors (Lipinski definition) is 5. The summed E-state index contributed by atoms with van der Waals surface area (Å²) in [5.74, 6) is -0.737. The normalized spacial score (nSPS) is 23.0. The molecule has 0 spiro atoms. The minimum atomic E-state index is -4.63. The highest BCUT2D eigenvalue weighted by Crippen LogP contribution is 2.40. The Bertz CT molecular complexity index is 1130. The zero-order valence-corrected chi connectivity index (χ0v) is 15.9. The van der Waals surface area contributed by atoms with Crippen molar-refractivity contribution in [2.24, 2.45) is 0 Å². The van der Waals surface area contributed by atoms with E-state index in [1.807, 2.05) is 0 Å². The number of nitro benzene ring substituents is 1. The molecule has 2 heterocycles. The Morgan fingerprint density at radius 3 is 2.07 bits per heavy atom. The maximum Gasteiger partial charge on any atom is 0.416 e. The molecule has 2 aliphatic heterocycles. The van der Waals surface area contributed by atoms with Gasteiger partial charge < -0.3 is 0 Å². The number of amides is 2. The Morgan fingerprint density at radius 1 is 0.967 bits per heavy atom. The number of carbonyl (C=O) groups excluding carboxylic acids is 1. The number of non-ortho nitro benzene ring substituents is 1. The summed E-state index contributed by atoms with van der Waals surface area (Å²) in [5, 5.41) is 10.9. The molecule has 2 amide bonds. The van der Waals surface area contributed by atoms with E-state index in [1.54, 1.807) is 0 Å². The van der Waals surface area contributed by atoms with Crippen LogP contribution in [-0.4, -0.2) is 43.0 Å². The van der Waals surface area contributed by atoms with Crippen LogP contribution >= 0.6 is 0 Å². The summed E-state index contributed by atoms with van der Waals surface area (Å²) in [5.41, 5.74) is -1.01. The first-order valence-corrected chi connectivity index (χ1v) is 10.5. The lowest BCUT2D eigenvalue weighted by Crippen LogP contribution is -2.38. The van der Waals surface area contributed by atoms with E-state index in [2.05, 4.69) is 0 Å². The molecule has 0 N–H and O–H groups in total. The van der Waals surface area contributed by atoms with Gasteiger partial charge in [0.2, 0.25) is 0 Å². The molecule has 0 radical (unpaired) electrons. The average Bonchev–Trinajstić information content (AvgIpc) is 3.09. The summed E-state index contributed by atoms with van der Waals surface area (Å²) in [7, 11) is -3.54. The first-order valence-electron chi connectivity index (χ1n) is 8.72. The van der Waals surface area contributed by atoms with Crippen molar-refractivity contribution >= 4 is 32.9 Å². The van der Waals surface area contributed by atoms with Crippen LogP contribution in [0.2, 0.25) is 0 Å². The maximum atomic E-state index is 13.2. The van der Waals surface area contributed by atoms with Gasteiger partial charge in [-0.05, 0) is 30.3 Å². The van der Waals surface area contributed by atoms with E-state index >= 15 is 0 Å². The van der Waals surface area contributed by atoms with Gasteiger partial charge in [0.15, 0.2) is 9.84 Å². The van der Waals surface area contributed by atoms with Crippen LogP contribution in [0.5, 0.6) is 0 Å². The molecule has 158 valence electrons. The molecule has 4 rings (SSSR count). The molecule has 2 aromatic rings. The second-order valence-electron chi connectivity index (χ2n) is 7.06. The van der Waals surface area contributed by atoms with Crippen molar-refractivity contribution < 1.29 is 31.3 Å². The van der Waals surface area contributed by atoms with Gasteiger partial charge in [0.05, 0.1) is 34.1 Å². The van der Waals surface area contributed by atoms with Crippen molar-refractivity contribution in [2.45, 2.75) is 18.3 Å². The van der Waals surface area contributed by atoms with Gasteiger partial charge >= 0.3 is 12.2 Å². The molecule has 2 fully saturated rings. The molecule has 12 heteroatoms. The predicted molar refractivity (Wildman–Crippen MR) is 101 cm³/mol. The number of urea groups is 1. The van der Waals surface area contributed by atoms with E-state index in [0.717, 1.165) is 23.1 Å². The molecule has 2 saturated heterocycles. The van der Waals surface area contributed by atoms with E-state index in [4.69, 9.17) is 0 Å². The fourth-order valence-corrected chi connectivity index (χ4v) is 5.79. The van der Waals surface area contributed by atoms with E-state index < -0.39 is 44.6 Å². The Kier molecular flexibility index (Phi) is 4.49. The number of benzene rings is 2. The van der Waals surface area contributed by atoms with Crippen molar-refractivity contribution in [3.8, 4) is 0 Å². The molecule has 0 saturated carbocycles. The van der Waals surface area contributed by atoms with Crippen molar-refractivity contribution in [2.75, 3.05) is 21.3 Å². The number of anilines is 2. The lowest BCUT2D eigenvalue weighted by molar-refractivity contribution is -0.384. The molecule has 30 heavy (non-hydrogen) atoms. The molecule has 0 unspecified atom stereocenters. The van der Waals surface area contributed by atoms with Crippen molar-refractivity contribution in [1.82, 2.24) is 0 Å². The summed E-state index contributed by atoms with van der Waals surface area (Å²) in [6.45, 7) is 0. The summed E-state index contributed by atoms with van der Waals surface area (Å²) in [4.78, 5) is 25.6. The molecule has 2 aliphatic rings. The highest BCUT2D eigenvalue weighted by atomic mass is 32.2. The number of nitrogens with zero attached hydrogens (tertiary/aromatic N) is 3. The fourth-order valence-electron chi connectivity index (χ4n) is 3.87. The van der Waals surface area contributed by atoms with Gasteiger partial charge in [0, 0.05) is 23.5 Å². The zero-order valence-electron chi connectivity index (χ0n) is 15.1. The molecule has 8 nitrogen and oxygen atoms in total. The standard InChI is InChI=1S/C18H14F3N3O5S/c19-18(20,21)11-2-1-3-14(8-11)23-16-10-30(28,29)9-15(16)22(17(23)25)12-4-6-13(7-5-12)24(26)27/h1-8,15-16H,9-10H2/t15-,16+/m1/s1. The Labute approximate surface area is 168 Å². The largest absolute Gasteiger partial charge is 0.416 e. The molecule has 0 aromatic heterocycles. The molecule has 2 aromatic carbocycles. The smallest absolute Gasteiger partial charge is 0.288 e. The topological polar surface area (TPSA) is 101 Å². The predicted octanol–water partition coefficient (Wildman–Crippen LogP) is 3.23. The van der Waals surface area contributed by atoms with E-state index in [1.165, 1.54) is 35.2 Å². The third-order valence-electron chi connectivity index (χ3n) is 5.16. The first kappa shape index (κ1) is 20.1. The van der Waals surface area contributed by atoms with Crippen LogP contribution in [0.15, 0.2) is 48.5 Å². The molecular weight excluding hydrogens is 427 g/mol. The van der Waals surface area contributed by atoms with Crippen LogP contribution in [0.1, 0.15) is 5.56 Å². The molecule has 0 aliphatic carbocycles. The van der Waals surface area contributed by atoms with E-state index in [9.17, 15) is 36.5 Å². The third-order valence-corrected chi connectivity index (χ3v) is 6.86. The number of hydrogen-bond donors (Lipinski definition) is 0. The summed E-state index contributed by atoms with van der Waals surface area (Å²) >= 11 is 0. The van der Waals surface area contributed by atoms with Gasteiger partial charge in [0.1, 0.15) is 0 Å². The fraction of sp³-hybridized carbons (Fsp3) is 0.278. The Hall–Kier alpha value is -3.15. The second kappa shape index (κ2) is 6.69. The minimum Gasteiger partial charge on any atom is -0.288 e. The number of carbonyl (C=O) groups is 1. The van der Waals surface area contributed by atoms with Crippen molar-refractivity contribution in [1.29, 1.82) is 0 Å². The van der Waals surface area contributed by atoms with Crippen LogP contribution in [-0.2, 0) is 16.0 Å². The second-order valence-corrected chi connectivity index (χ2v) is 9.21. The highest BCUT2D eigenvalue weighted by molar-refractivity contribution is 7.91. The number of fused-ring (bicyclic) bond motifs is 1. The first-order chi connectivity index (χ1) is 14.0. The average molecular weight is 441 g/mol. The van der Waals surface area contributed by atoms with Gasteiger partial charge in [-0.15, -0.1) is 0 Å². The van der Waals surface area contributed by atoms with Gasteiger partial charge in [-0.2, -0.15) is 13.2 Å². The van der Waals surface area contributed by atoms with Gasteiger partial charge in [0.25, 0.3) is 5.69 Å². The minimum absolute atomic E-state index is 0.0636. The van der Waals surface area contributed by atoms with Crippen LogP contribution < -0.4 is 9.80 Å². The number of alkyl halides is 3. The van der Waals surface area contributed by atoms with Crippen LogP contribution in [0.4, 0.5) is 35.0 Å².